The van der Waals surface area contributed by atoms with Gasteiger partial charge in [-0.2, -0.15) is 0 Å². The van der Waals surface area contributed by atoms with Crippen molar-refractivity contribution in [3.05, 3.63) is 69.5 Å². The first-order valence-electron chi connectivity index (χ1n) is 6.22. The van der Waals surface area contributed by atoms with Crippen molar-refractivity contribution in [3.63, 3.8) is 0 Å². The predicted octanol–water partition coefficient (Wildman–Crippen LogP) is 1.85. The van der Waals surface area contributed by atoms with E-state index in [0.717, 1.165) is 0 Å². The van der Waals surface area contributed by atoms with Gasteiger partial charge in [-0.25, -0.2) is 4.79 Å². The molecule has 0 spiro atoms. The summed E-state index contributed by atoms with van der Waals surface area (Å²) in [7, 11) is 0. The Morgan fingerprint density at radius 3 is 2.64 bits per heavy atom. The maximum Gasteiger partial charge on any atom is 0.342 e. The molecule has 114 valence electrons. The van der Waals surface area contributed by atoms with Crippen molar-refractivity contribution in [1.29, 1.82) is 0 Å². The van der Waals surface area contributed by atoms with Gasteiger partial charge in [-0.15, -0.1) is 10.1 Å². The number of aromatic nitrogens is 1. The number of para-hydroxylation sites is 1. The second-order valence-corrected chi connectivity index (χ2v) is 4.25. The lowest BCUT2D eigenvalue weighted by molar-refractivity contribution is -0.763. The highest BCUT2D eigenvalue weighted by Gasteiger charge is 2.12. The first kappa shape index (κ1) is 15.2. The van der Waals surface area contributed by atoms with Crippen LogP contribution >= 0.6 is 0 Å². The summed E-state index contributed by atoms with van der Waals surface area (Å²) in [6.07, 6.45) is 1.40. The van der Waals surface area contributed by atoms with Gasteiger partial charge in [0.15, 0.2) is 0 Å². The van der Waals surface area contributed by atoms with Gasteiger partial charge in [0.1, 0.15) is 24.5 Å². The van der Waals surface area contributed by atoms with E-state index in [1.807, 2.05) is 0 Å². The van der Waals surface area contributed by atoms with Crippen molar-refractivity contribution < 1.29 is 24.6 Å². The number of hydrogen-bond acceptors (Lipinski definition) is 7. The molecule has 0 aliphatic rings. The molecule has 0 amide bonds. The van der Waals surface area contributed by atoms with E-state index in [1.54, 1.807) is 24.3 Å². The highest BCUT2D eigenvalue weighted by molar-refractivity contribution is 5.92. The molecule has 0 radical (unpaired) electrons. The van der Waals surface area contributed by atoms with Crippen LogP contribution in [0.25, 0.3) is 0 Å². The van der Waals surface area contributed by atoms with E-state index < -0.39 is 11.1 Å². The van der Waals surface area contributed by atoms with Crippen LogP contribution in [-0.2, 0) is 22.8 Å². The third-order valence-electron chi connectivity index (χ3n) is 2.70. The molecular weight excluding hydrogens is 292 g/mol. The number of hydrogen-bond donors (Lipinski definition) is 1. The zero-order valence-corrected chi connectivity index (χ0v) is 11.3. The summed E-state index contributed by atoms with van der Waals surface area (Å²) in [5.74, 6) is -0.826. The van der Waals surface area contributed by atoms with E-state index in [-0.39, 0.29) is 24.5 Å². The van der Waals surface area contributed by atoms with Gasteiger partial charge >= 0.3 is 5.97 Å². The molecule has 1 heterocycles. The molecule has 0 unspecified atom stereocenters. The van der Waals surface area contributed by atoms with Crippen LogP contribution in [0, 0.1) is 10.1 Å². The molecule has 0 bridgehead atoms. The fourth-order valence-corrected chi connectivity index (χ4v) is 1.62. The maximum absolute atomic E-state index is 11.8. The van der Waals surface area contributed by atoms with Crippen LogP contribution < -0.4 is 0 Å². The number of carbonyl (C=O) groups excluding carboxylic acids is 1. The van der Waals surface area contributed by atoms with Gasteiger partial charge in [-0.1, -0.05) is 18.2 Å². The number of ether oxygens (including phenoxy) is 1. The Hall–Kier alpha value is -3.16. The van der Waals surface area contributed by atoms with E-state index in [0.29, 0.717) is 11.3 Å². The summed E-state index contributed by atoms with van der Waals surface area (Å²) in [6.45, 7) is -0.276. The van der Waals surface area contributed by atoms with E-state index in [4.69, 9.17) is 4.74 Å². The SMILES string of the molecule is O=C(OCc1ccc(CO[N+](=O)[O-])cn1)c1ccccc1O. The zero-order chi connectivity index (χ0) is 15.9. The molecule has 0 aliphatic heterocycles. The molecular formula is C14H12N2O6. The Labute approximate surface area is 125 Å². The van der Waals surface area contributed by atoms with E-state index >= 15 is 0 Å². The Bertz CT molecular complexity index is 671. The second kappa shape index (κ2) is 7.02. The fourth-order valence-electron chi connectivity index (χ4n) is 1.62. The summed E-state index contributed by atoms with van der Waals surface area (Å²) in [5.41, 5.74) is 1.06. The lowest BCUT2D eigenvalue weighted by atomic mass is 10.2. The molecule has 1 aromatic heterocycles. The standard InChI is InChI=1S/C14H12N2O6/c17-13-4-2-1-3-12(13)14(18)21-9-11-6-5-10(7-15-11)8-22-16(19)20/h1-7,17H,8-9H2. The van der Waals surface area contributed by atoms with Crippen LogP contribution in [0.1, 0.15) is 21.6 Å². The molecule has 0 saturated carbocycles. The number of benzene rings is 1. The van der Waals surface area contributed by atoms with Gasteiger partial charge in [-0.3, -0.25) is 4.98 Å². The van der Waals surface area contributed by atoms with Gasteiger partial charge in [0.2, 0.25) is 0 Å². The largest absolute Gasteiger partial charge is 0.507 e. The average Bonchev–Trinajstić information content (AvgIpc) is 2.52. The summed E-state index contributed by atoms with van der Waals surface area (Å²) in [5, 5.41) is 18.7. The molecule has 0 atom stereocenters. The molecule has 8 heteroatoms. The van der Waals surface area contributed by atoms with E-state index in [1.165, 1.54) is 18.3 Å². The van der Waals surface area contributed by atoms with Crippen molar-refractivity contribution in [3.8, 4) is 5.75 Å². The molecule has 1 aromatic carbocycles. The topological polar surface area (TPSA) is 112 Å². The first-order chi connectivity index (χ1) is 10.6. The minimum absolute atomic E-state index is 0.0681. The van der Waals surface area contributed by atoms with Crippen molar-refractivity contribution in [2.75, 3.05) is 0 Å². The van der Waals surface area contributed by atoms with Crippen molar-refractivity contribution in [2.45, 2.75) is 13.2 Å². The van der Waals surface area contributed by atoms with Gasteiger partial charge in [-0.05, 0) is 23.8 Å². The Balaban J connectivity index is 1.90. The smallest absolute Gasteiger partial charge is 0.342 e. The average molecular weight is 304 g/mol. The Morgan fingerprint density at radius 2 is 2.00 bits per heavy atom. The molecule has 2 rings (SSSR count). The molecule has 2 aromatic rings. The number of phenolic OH excluding ortho intramolecular Hbond substituents is 1. The van der Waals surface area contributed by atoms with Crippen LogP contribution in [0.3, 0.4) is 0 Å². The first-order valence-corrected chi connectivity index (χ1v) is 6.22. The highest BCUT2D eigenvalue weighted by atomic mass is 16.9. The van der Waals surface area contributed by atoms with Crippen LogP contribution in [0.5, 0.6) is 5.75 Å². The summed E-state index contributed by atoms with van der Waals surface area (Å²) in [6, 6.07) is 9.19. The lowest BCUT2D eigenvalue weighted by Crippen LogP contribution is -2.07. The zero-order valence-electron chi connectivity index (χ0n) is 11.3. The van der Waals surface area contributed by atoms with E-state index in [9.17, 15) is 20.0 Å². The number of phenols is 1. The number of carbonyl (C=O) groups is 1. The highest BCUT2D eigenvalue weighted by Crippen LogP contribution is 2.17. The minimum Gasteiger partial charge on any atom is -0.507 e. The predicted molar refractivity (Wildman–Crippen MR) is 73.2 cm³/mol. The van der Waals surface area contributed by atoms with Crippen molar-refractivity contribution >= 4 is 5.97 Å². The second-order valence-electron chi connectivity index (χ2n) is 4.25. The summed E-state index contributed by atoms with van der Waals surface area (Å²) < 4.78 is 5.03. The van der Waals surface area contributed by atoms with Gasteiger partial charge in [0, 0.05) is 6.20 Å². The van der Waals surface area contributed by atoms with Crippen LogP contribution in [0.15, 0.2) is 42.6 Å². The quantitative estimate of drug-likeness (QED) is 0.492. The van der Waals surface area contributed by atoms with Gasteiger partial charge in [0.25, 0.3) is 5.09 Å². The minimum atomic E-state index is -0.887. The van der Waals surface area contributed by atoms with Crippen molar-refractivity contribution in [2.24, 2.45) is 0 Å². The number of esters is 1. The number of rotatable bonds is 6. The van der Waals surface area contributed by atoms with Gasteiger partial charge < -0.3 is 14.7 Å². The Kier molecular flexibility index (Phi) is 4.86. The fraction of sp³-hybridized carbons (Fsp3) is 0.143. The Morgan fingerprint density at radius 1 is 1.23 bits per heavy atom. The van der Waals surface area contributed by atoms with Crippen molar-refractivity contribution in [1.82, 2.24) is 4.98 Å². The monoisotopic (exact) mass is 304 g/mol. The van der Waals surface area contributed by atoms with Crippen LogP contribution in [-0.4, -0.2) is 21.1 Å². The molecule has 0 saturated heterocycles. The molecule has 0 aliphatic carbocycles. The molecule has 0 fully saturated rings. The van der Waals surface area contributed by atoms with Crippen LogP contribution in [0.4, 0.5) is 0 Å². The molecule has 22 heavy (non-hydrogen) atoms. The lowest BCUT2D eigenvalue weighted by Gasteiger charge is -2.06. The van der Waals surface area contributed by atoms with E-state index in [2.05, 4.69) is 9.82 Å². The number of aromatic hydroxyl groups is 1. The molecule has 8 nitrogen and oxygen atoms in total. The maximum atomic E-state index is 11.8. The third-order valence-corrected chi connectivity index (χ3v) is 2.70. The molecule has 1 N–H and O–H groups in total. The number of pyridine rings is 1. The third kappa shape index (κ3) is 4.17. The summed E-state index contributed by atoms with van der Waals surface area (Å²) in [4.78, 5) is 30.1. The number of nitrogens with zero attached hydrogens (tertiary/aromatic N) is 2. The normalized spacial score (nSPS) is 10.0. The summed E-state index contributed by atoms with van der Waals surface area (Å²) >= 11 is 0. The van der Waals surface area contributed by atoms with Crippen LogP contribution in [0.2, 0.25) is 0 Å². The van der Waals surface area contributed by atoms with Gasteiger partial charge in [0.05, 0.1) is 5.69 Å².